The van der Waals surface area contributed by atoms with Crippen LogP contribution in [0.3, 0.4) is 0 Å². The summed E-state index contributed by atoms with van der Waals surface area (Å²) < 4.78 is 15.6. The second-order valence-electron chi connectivity index (χ2n) is 5.42. The molecule has 1 aromatic rings. The summed E-state index contributed by atoms with van der Waals surface area (Å²) in [5.41, 5.74) is 6.71. The predicted molar refractivity (Wildman–Crippen MR) is 92.4 cm³/mol. The Labute approximate surface area is 151 Å². The van der Waals surface area contributed by atoms with Crippen LogP contribution in [-0.2, 0) is 19.0 Å². The summed E-state index contributed by atoms with van der Waals surface area (Å²) >= 11 is 0. The molecule has 26 heavy (non-hydrogen) atoms. The van der Waals surface area contributed by atoms with E-state index >= 15 is 0 Å². The van der Waals surface area contributed by atoms with Crippen LogP contribution in [0.25, 0.3) is 0 Å². The minimum absolute atomic E-state index is 0.0374. The summed E-state index contributed by atoms with van der Waals surface area (Å²) in [5.74, 6) is -1.95. The number of benzene rings is 1. The van der Waals surface area contributed by atoms with Crippen molar-refractivity contribution >= 4 is 11.9 Å². The number of hydrogen-bond donors (Lipinski definition) is 1. The second kappa shape index (κ2) is 8.21. The maximum atomic E-state index is 12.5. The van der Waals surface area contributed by atoms with Gasteiger partial charge >= 0.3 is 11.9 Å². The quantitative estimate of drug-likeness (QED) is 0.807. The van der Waals surface area contributed by atoms with Gasteiger partial charge in [0, 0.05) is 0 Å². The average molecular weight is 356 g/mol. The van der Waals surface area contributed by atoms with Gasteiger partial charge in [0.05, 0.1) is 30.3 Å². The van der Waals surface area contributed by atoms with Gasteiger partial charge in [-0.15, -0.1) is 0 Å². The number of nitriles is 1. The highest BCUT2D eigenvalue weighted by Gasteiger charge is 2.38. The van der Waals surface area contributed by atoms with Crippen LogP contribution >= 0.6 is 0 Å². The number of rotatable bonds is 5. The number of esters is 2. The molecule has 0 radical (unpaired) electrons. The molecular formula is C19H20N2O5. The van der Waals surface area contributed by atoms with Gasteiger partial charge < -0.3 is 19.9 Å². The Morgan fingerprint density at radius 1 is 1.19 bits per heavy atom. The largest absolute Gasteiger partial charge is 0.463 e. The van der Waals surface area contributed by atoms with Gasteiger partial charge in [0.25, 0.3) is 0 Å². The third-order valence-electron chi connectivity index (χ3n) is 3.87. The fourth-order valence-electron chi connectivity index (χ4n) is 2.81. The van der Waals surface area contributed by atoms with Crippen LogP contribution in [0.1, 0.15) is 42.6 Å². The van der Waals surface area contributed by atoms with Crippen LogP contribution in [0.4, 0.5) is 0 Å². The fourth-order valence-corrected chi connectivity index (χ4v) is 2.81. The Hall–Kier alpha value is -3.27. The van der Waals surface area contributed by atoms with Crippen molar-refractivity contribution in [3.63, 3.8) is 0 Å². The Morgan fingerprint density at radius 2 is 1.81 bits per heavy atom. The van der Waals surface area contributed by atoms with E-state index in [1.807, 2.05) is 6.07 Å². The zero-order valence-corrected chi connectivity index (χ0v) is 14.9. The number of carbonyl (C=O) groups is 2. The van der Waals surface area contributed by atoms with Crippen molar-refractivity contribution in [2.45, 2.75) is 26.7 Å². The van der Waals surface area contributed by atoms with E-state index in [0.717, 1.165) is 0 Å². The number of nitrogens with two attached hydrogens (primary N) is 1. The first-order valence-electron chi connectivity index (χ1n) is 8.17. The molecule has 0 saturated heterocycles. The zero-order chi connectivity index (χ0) is 19.3. The molecule has 0 fully saturated rings. The molecule has 1 aliphatic heterocycles. The third-order valence-corrected chi connectivity index (χ3v) is 3.87. The van der Waals surface area contributed by atoms with Gasteiger partial charge in [-0.2, -0.15) is 5.26 Å². The van der Waals surface area contributed by atoms with Crippen molar-refractivity contribution < 1.29 is 23.8 Å². The van der Waals surface area contributed by atoms with Crippen molar-refractivity contribution in [2.24, 2.45) is 5.73 Å². The van der Waals surface area contributed by atoms with Gasteiger partial charge in [0.15, 0.2) is 0 Å². The Morgan fingerprint density at radius 3 is 2.42 bits per heavy atom. The van der Waals surface area contributed by atoms with E-state index in [1.54, 1.807) is 45.0 Å². The molecular weight excluding hydrogens is 336 g/mol. The summed E-state index contributed by atoms with van der Waals surface area (Å²) in [4.78, 5) is 24.9. The molecule has 0 aromatic heterocycles. The molecule has 0 aliphatic carbocycles. The van der Waals surface area contributed by atoms with E-state index < -0.39 is 17.9 Å². The molecule has 7 nitrogen and oxygen atoms in total. The maximum absolute atomic E-state index is 12.5. The van der Waals surface area contributed by atoms with Gasteiger partial charge in [-0.3, -0.25) is 0 Å². The number of carbonyl (C=O) groups excluding carboxylic acids is 2. The van der Waals surface area contributed by atoms with Crippen LogP contribution in [-0.4, -0.2) is 25.2 Å². The van der Waals surface area contributed by atoms with Crippen LogP contribution in [0.15, 0.2) is 47.1 Å². The van der Waals surface area contributed by atoms with E-state index in [-0.39, 0.29) is 41.6 Å². The van der Waals surface area contributed by atoms with Crippen molar-refractivity contribution in [2.75, 3.05) is 13.2 Å². The van der Waals surface area contributed by atoms with E-state index in [4.69, 9.17) is 19.9 Å². The van der Waals surface area contributed by atoms with Gasteiger partial charge in [-0.05, 0) is 32.4 Å². The second-order valence-corrected chi connectivity index (χ2v) is 5.42. The molecule has 0 bridgehead atoms. The molecule has 0 amide bonds. The Balaban J connectivity index is 2.69. The molecule has 136 valence electrons. The topological polar surface area (TPSA) is 112 Å². The lowest BCUT2D eigenvalue weighted by Gasteiger charge is -2.27. The molecule has 1 aliphatic rings. The third kappa shape index (κ3) is 3.54. The van der Waals surface area contributed by atoms with Crippen LogP contribution in [0.5, 0.6) is 0 Å². The predicted octanol–water partition coefficient (Wildman–Crippen LogP) is 2.51. The molecule has 0 saturated carbocycles. The molecule has 1 atom stereocenters. The molecule has 0 spiro atoms. The van der Waals surface area contributed by atoms with E-state index in [1.165, 1.54) is 0 Å². The first kappa shape index (κ1) is 19.1. The van der Waals surface area contributed by atoms with Gasteiger partial charge in [-0.1, -0.05) is 18.2 Å². The average Bonchev–Trinajstić information content (AvgIpc) is 2.61. The number of allylic oxidation sites excluding steroid dienone is 2. The van der Waals surface area contributed by atoms with Crippen molar-refractivity contribution in [1.29, 1.82) is 5.26 Å². The SMILES string of the molecule is CCOC(=O)C1=C(C)OC(N)=C(C#N)C1c1ccccc1C(=O)OCC. The van der Waals surface area contributed by atoms with Gasteiger partial charge in [0.2, 0.25) is 5.88 Å². The normalized spacial score (nSPS) is 16.6. The summed E-state index contributed by atoms with van der Waals surface area (Å²) in [7, 11) is 0. The van der Waals surface area contributed by atoms with Crippen molar-refractivity contribution in [3.8, 4) is 6.07 Å². The summed E-state index contributed by atoms with van der Waals surface area (Å²) in [6.07, 6.45) is 0. The number of nitrogens with zero attached hydrogens (tertiary/aromatic N) is 1. The molecule has 1 unspecified atom stereocenters. The van der Waals surface area contributed by atoms with E-state index in [2.05, 4.69) is 0 Å². The number of ether oxygens (including phenoxy) is 3. The van der Waals surface area contributed by atoms with Crippen molar-refractivity contribution in [3.05, 3.63) is 58.2 Å². The first-order valence-corrected chi connectivity index (χ1v) is 8.17. The monoisotopic (exact) mass is 356 g/mol. The summed E-state index contributed by atoms with van der Waals surface area (Å²) in [6, 6.07) is 8.59. The van der Waals surface area contributed by atoms with Crippen LogP contribution < -0.4 is 5.73 Å². The molecule has 1 aromatic carbocycles. The van der Waals surface area contributed by atoms with Gasteiger partial charge in [-0.25, -0.2) is 9.59 Å². The molecule has 7 heteroatoms. The smallest absolute Gasteiger partial charge is 0.338 e. The van der Waals surface area contributed by atoms with Gasteiger partial charge in [0.1, 0.15) is 17.4 Å². The van der Waals surface area contributed by atoms with E-state index in [0.29, 0.717) is 5.56 Å². The Kier molecular flexibility index (Phi) is 6.02. The number of hydrogen-bond acceptors (Lipinski definition) is 7. The van der Waals surface area contributed by atoms with Crippen LogP contribution in [0, 0.1) is 11.3 Å². The molecule has 2 rings (SSSR count). The molecule has 2 N–H and O–H groups in total. The Bertz CT molecular complexity index is 833. The fraction of sp³-hybridized carbons (Fsp3) is 0.316. The van der Waals surface area contributed by atoms with E-state index in [9.17, 15) is 14.9 Å². The molecule has 1 heterocycles. The minimum Gasteiger partial charge on any atom is -0.463 e. The lowest BCUT2D eigenvalue weighted by molar-refractivity contribution is -0.139. The summed E-state index contributed by atoms with van der Waals surface area (Å²) in [5, 5.41) is 9.58. The van der Waals surface area contributed by atoms with Crippen molar-refractivity contribution in [1.82, 2.24) is 0 Å². The first-order chi connectivity index (χ1) is 12.5. The lowest BCUT2D eigenvalue weighted by Crippen LogP contribution is -2.26. The summed E-state index contributed by atoms with van der Waals surface area (Å²) in [6.45, 7) is 5.29. The van der Waals surface area contributed by atoms with Crippen LogP contribution in [0.2, 0.25) is 0 Å². The minimum atomic E-state index is -0.881. The maximum Gasteiger partial charge on any atom is 0.338 e. The standard InChI is InChI=1S/C19H20N2O5/c1-4-24-18(22)13-9-7-6-8-12(13)16-14(10-20)17(21)26-11(3)15(16)19(23)25-5-2/h6-9,16H,4-5,21H2,1-3H3. The highest BCUT2D eigenvalue weighted by molar-refractivity contribution is 5.96. The highest BCUT2D eigenvalue weighted by atomic mass is 16.5. The zero-order valence-electron chi connectivity index (χ0n) is 14.9. The highest BCUT2D eigenvalue weighted by Crippen LogP contribution is 2.40. The lowest BCUT2D eigenvalue weighted by atomic mass is 9.81.